The predicted molar refractivity (Wildman–Crippen MR) is 127 cm³/mol. The Morgan fingerprint density at radius 2 is 1.76 bits per heavy atom. The summed E-state index contributed by atoms with van der Waals surface area (Å²) in [4.78, 5) is 47.0. The van der Waals surface area contributed by atoms with Crippen LogP contribution in [0.3, 0.4) is 0 Å². The number of hydrazine groups is 2. The van der Waals surface area contributed by atoms with Crippen LogP contribution in [0.1, 0.15) is 26.3 Å². The number of fused-ring (bicyclic) bond motifs is 1. The lowest BCUT2D eigenvalue weighted by atomic mass is 10.2. The van der Waals surface area contributed by atoms with Crippen molar-refractivity contribution in [1.29, 1.82) is 0 Å². The molecule has 2 atom stereocenters. The minimum Gasteiger partial charge on any atom is -0.278 e. The average Bonchev–Trinajstić information content (AvgIpc) is 3.10. The van der Waals surface area contributed by atoms with Gasteiger partial charge in [-0.2, -0.15) is 5.01 Å². The van der Waals surface area contributed by atoms with E-state index in [1.807, 2.05) is 30.3 Å². The van der Waals surface area contributed by atoms with Gasteiger partial charge in [-0.15, -0.1) is 0 Å². The van der Waals surface area contributed by atoms with Crippen molar-refractivity contribution < 1.29 is 14.4 Å². The van der Waals surface area contributed by atoms with Gasteiger partial charge in [-0.25, -0.2) is 20.0 Å². The molecule has 0 radical (unpaired) electrons. The van der Waals surface area contributed by atoms with Crippen LogP contribution in [0.4, 0.5) is 5.69 Å². The molecule has 0 aromatic heterocycles. The highest BCUT2D eigenvalue weighted by molar-refractivity contribution is 8.14. The number of hydrogen-bond acceptors (Lipinski definition) is 7. The van der Waals surface area contributed by atoms with Gasteiger partial charge < -0.3 is 0 Å². The molecule has 0 spiro atoms. The summed E-state index contributed by atoms with van der Waals surface area (Å²) in [5.74, 6) is -0.797. The first-order valence-electron chi connectivity index (χ1n) is 10.1. The van der Waals surface area contributed by atoms with Gasteiger partial charge in [0.05, 0.1) is 5.69 Å². The fourth-order valence-corrected chi connectivity index (χ4v) is 5.02. The molecular weight excluding hydrogens is 464 g/mol. The molecule has 170 valence electrons. The van der Waals surface area contributed by atoms with Gasteiger partial charge in [0.25, 0.3) is 0 Å². The Morgan fingerprint density at radius 1 is 1.06 bits per heavy atom. The monoisotopic (exact) mass is 484 g/mol. The van der Waals surface area contributed by atoms with E-state index in [1.54, 1.807) is 24.3 Å². The van der Waals surface area contributed by atoms with Gasteiger partial charge in [-0.1, -0.05) is 59.8 Å². The highest BCUT2D eigenvalue weighted by Gasteiger charge is 2.50. The Kier molecular flexibility index (Phi) is 6.39. The molecule has 1 fully saturated rings. The molecule has 2 aliphatic heterocycles. The topological polar surface area (TPSA) is 97.7 Å². The average molecular weight is 485 g/mol. The maximum atomic E-state index is 12.5. The Bertz CT molecular complexity index is 1160. The summed E-state index contributed by atoms with van der Waals surface area (Å²) in [6, 6.07) is 16.2. The minimum atomic E-state index is -0.777. The van der Waals surface area contributed by atoms with Crippen LogP contribution in [-0.4, -0.2) is 55.3 Å². The summed E-state index contributed by atoms with van der Waals surface area (Å²) in [5, 5.41) is 4.14. The van der Waals surface area contributed by atoms with E-state index >= 15 is 0 Å². The maximum Gasteiger partial charge on any atom is 0.245 e. The number of thioether (sulfide) groups is 1. The number of amidine groups is 2. The number of hydrogen-bond donors (Lipinski definition) is 1. The zero-order valence-corrected chi connectivity index (χ0v) is 19.7. The van der Waals surface area contributed by atoms with E-state index in [2.05, 4.69) is 10.4 Å². The van der Waals surface area contributed by atoms with Crippen LogP contribution in [-0.2, 0) is 14.4 Å². The summed E-state index contributed by atoms with van der Waals surface area (Å²) >= 11 is 7.33. The molecular formula is C22H21ClN6O3S. The number of nitrogens with one attached hydrogen (secondary N) is 1. The number of carbonyl (C=O) groups excluding carboxylic acids is 3. The molecule has 9 nitrogen and oxygen atoms in total. The highest BCUT2D eigenvalue weighted by Crippen LogP contribution is 2.39. The van der Waals surface area contributed by atoms with Crippen molar-refractivity contribution in [3.05, 3.63) is 65.2 Å². The van der Waals surface area contributed by atoms with Crippen molar-refractivity contribution in [2.45, 2.75) is 32.3 Å². The zero-order valence-electron chi connectivity index (χ0n) is 18.1. The lowest BCUT2D eigenvalue weighted by molar-refractivity contribution is -0.158. The van der Waals surface area contributed by atoms with E-state index in [4.69, 9.17) is 16.6 Å². The van der Waals surface area contributed by atoms with Crippen molar-refractivity contribution in [1.82, 2.24) is 20.5 Å². The first-order valence-corrected chi connectivity index (χ1v) is 11.3. The molecule has 1 saturated heterocycles. The van der Waals surface area contributed by atoms with Gasteiger partial charge in [0.2, 0.25) is 17.7 Å². The van der Waals surface area contributed by atoms with Crippen molar-refractivity contribution in [3.8, 4) is 0 Å². The van der Waals surface area contributed by atoms with Crippen LogP contribution in [0.2, 0.25) is 5.02 Å². The third-order valence-corrected chi connectivity index (χ3v) is 6.32. The molecule has 2 aromatic carbocycles. The summed E-state index contributed by atoms with van der Waals surface area (Å²) in [6.07, 6.45) is -0.777. The number of aliphatic imine (C=N–C) groups is 2. The molecule has 0 aliphatic carbocycles. The predicted octanol–water partition coefficient (Wildman–Crippen LogP) is 3.15. The smallest absolute Gasteiger partial charge is 0.245 e. The van der Waals surface area contributed by atoms with E-state index in [9.17, 15) is 14.4 Å². The second-order valence-corrected chi connectivity index (χ2v) is 8.86. The molecule has 0 unspecified atom stereocenters. The Labute approximate surface area is 200 Å². The fourth-order valence-electron chi connectivity index (χ4n) is 3.56. The van der Waals surface area contributed by atoms with Crippen molar-refractivity contribution in [2.24, 2.45) is 9.98 Å². The first-order chi connectivity index (χ1) is 15.8. The Morgan fingerprint density at radius 3 is 2.36 bits per heavy atom. The minimum absolute atomic E-state index is 0.248. The number of benzene rings is 2. The number of rotatable bonds is 3. The molecule has 2 heterocycles. The Balaban J connectivity index is 1.87. The first kappa shape index (κ1) is 22.8. The Hall–Kier alpha value is -3.37. The standard InChI is InChI=1S/C22H21ClN6O3S/c1-13(30)27-21-20(25-19(26-27)16-8-5-4-6-9-16)29(28(14(2)31)15(3)32)22(33-21)24-18-11-7-10-17(23)12-18/h4-12,20-21H,1-3H3,(H,25,26)/t20-,21+/m1/s1. The van der Waals surface area contributed by atoms with E-state index in [-0.39, 0.29) is 5.91 Å². The third-order valence-electron chi connectivity index (χ3n) is 4.90. The van der Waals surface area contributed by atoms with Crippen molar-refractivity contribution >= 4 is 57.8 Å². The fraction of sp³-hybridized carbons (Fsp3) is 0.227. The lowest BCUT2D eigenvalue weighted by Gasteiger charge is -2.39. The molecule has 33 heavy (non-hydrogen) atoms. The number of halogens is 1. The molecule has 0 bridgehead atoms. The summed E-state index contributed by atoms with van der Waals surface area (Å²) < 4.78 is 0. The van der Waals surface area contributed by atoms with Crippen LogP contribution >= 0.6 is 23.4 Å². The highest BCUT2D eigenvalue weighted by atomic mass is 35.5. The molecule has 1 N–H and O–H groups in total. The van der Waals surface area contributed by atoms with Crippen LogP contribution in [0, 0.1) is 0 Å². The van der Waals surface area contributed by atoms with Gasteiger partial charge >= 0.3 is 0 Å². The molecule has 2 aliphatic rings. The summed E-state index contributed by atoms with van der Waals surface area (Å²) in [7, 11) is 0. The van der Waals surface area contributed by atoms with E-state index < -0.39 is 23.4 Å². The lowest BCUT2D eigenvalue weighted by Crippen LogP contribution is -2.61. The SMILES string of the molecule is CC(=O)N1NC(c2ccccc2)=N[C@H]2[C@@H]1SC(=Nc1cccc(Cl)c1)N2N(C(C)=O)C(C)=O. The van der Waals surface area contributed by atoms with Crippen molar-refractivity contribution in [2.75, 3.05) is 0 Å². The molecule has 2 aromatic rings. The molecule has 3 amide bonds. The second kappa shape index (κ2) is 9.24. The van der Waals surface area contributed by atoms with Gasteiger partial charge in [0.1, 0.15) is 11.2 Å². The van der Waals surface area contributed by atoms with E-state index in [1.165, 1.54) is 42.6 Å². The summed E-state index contributed by atoms with van der Waals surface area (Å²) in [5.41, 5.74) is 4.37. The quantitative estimate of drug-likeness (QED) is 0.718. The molecule has 0 saturated carbocycles. The maximum absolute atomic E-state index is 12.5. The zero-order chi connectivity index (χ0) is 23.7. The largest absolute Gasteiger partial charge is 0.278 e. The van der Waals surface area contributed by atoms with Crippen LogP contribution in [0.15, 0.2) is 64.6 Å². The van der Waals surface area contributed by atoms with Crippen LogP contribution in [0.25, 0.3) is 0 Å². The number of nitrogens with zero attached hydrogens (tertiary/aromatic N) is 5. The molecule has 11 heteroatoms. The van der Waals surface area contributed by atoms with Gasteiger partial charge in [0.15, 0.2) is 11.3 Å². The number of imide groups is 1. The van der Waals surface area contributed by atoms with Crippen LogP contribution < -0.4 is 5.43 Å². The second-order valence-electron chi connectivity index (χ2n) is 7.34. The van der Waals surface area contributed by atoms with Gasteiger partial charge in [-0.05, 0) is 18.2 Å². The third kappa shape index (κ3) is 4.57. The van der Waals surface area contributed by atoms with Crippen molar-refractivity contribution in [3.63, 3.8) is 0 Å². The normalized spacial score (nSPS) is 20.7. The van der Waals surface area contributed by atoms with E-state index in [0.29, 0.717) is 21.7 Å². The van der Waals surface area contributed by atoms with Gasteiger partial charge in [0, 0.05) is 31.4 Å². The summed E-state index contributed by atoms with van der Waals surface area (Å²) in [6.45, 7) is 4.02. The molecule has 4 rings (SSSR count). The van der Waals surface area contributed by atoms with Gasteiger partial charge in [-0.3, -0.25) is 19.8 Å². The number of carbonyl (C=O) groups is 3. The van der Waals surface area contributed by atoms with E-state index in [0.717, 1.165) is 10.6 Å². The van der Waals surface area contributed by atoms with Crippen LogP contribution in [0.5, 0.6) is 0 Å². The number of amides is 3.